The first kappa shape index (κ1) is 9.51. The van der Waals surface area contributed by atoms with E-state index < -0.39 is 5.97 Å². The average molecular weight is 205 g/mol. The van der Waals surface area contributed by atoms with Crippen LogP contribution in [-0.2, 0) is 11.2 Å². The standard InChI is InChI=1S/C10H11N3O2/c1-6-2-3-13-8(4-6)12-7(10(13)11)5-9(14)15/h2-4H,5,11H2,1H3,(H,14,15). The minimum Gasteiger partial charge on any atom is -0.481 e. The van der Waals surface area contributed by atoms with E-state index in [1.165, 1.54) is 0 Å². The van der Waals surface area contributed by atoms with Crippen LogP contribution in [0.1, 0.15) is 11.3 Å². The Labute approximate surface area is 86.2 Å². The summed E-state index contributed by atoms with van der Waals surface area (Å²) >= 11 is 0. The second-order valence-electron chi connectivity index (χ2n) is 3.45. The zero-order valence-corrected chi connectivity index (χ0v) is 8.27. The van der Waals surface area contributed by atoms with Gasteiger partial charge < -0.3 is 10.8 Å². The van der Waals surface area contributed by atoms with Crippen LogP contribution in [0.5, 0.6) is 0 Å². The van der Waals surface area contributed by atoms with Crippen molar-refractivity contribution in [3.05, 3.63) is 29.6 Å². The van der Waals surface area contributed by atoms with Crippen LogP contribution in [0.3, 0.4) is 0 Å². The Morgan fingerprint density at radius 2 is 2.40 bits per heavy atom. The summed E-state index contributed by atoms with van der Waals surface area (Å²) in [5, 5.41) is 8.67. The molecule has 0 bridgehead atoms. The van der Waals surface area contributed by atoms with E-state index in [9.17, 15) is 4.79 Å². The van der Waals surface area contributed by atoms with E-state index in [1.54, 1.807) is 10.6 Å². The van der Waals surface area contributed by atoms with Crippen molar-refractivity contribution in [2.24, 2.45) is 0 Å². The van der Waals surface area contributed by atoms with Crippen LogP contribution in [0.25, 0.3) is 5.65 Å². The van der Waals surface area contributed by atoms with E-state index in [4.69, 9.17) is 10.8 Å². The fourth-order valence-electron chi connectivity index (χ4n) is 1.49. The lowest BCUT2D eigenvalue weighted by Gasteiger charge is -1.97. The lowest BCUT2D eigenvalue weighted by Crippen LogP contribution is -2.03. The molecule has 0 unspecified atom stereocenters. The van der Waals surface area contributed by atoms with E-state index in [0.717, 1.165) is 5.56 Å². The number of aliphatic carboxylic acids is 1. The molecular formula is C10H11N3O2. The van der Waals surface area contributed by atoms with Gasteiger partial charge in [-0.3, -0.25) is 9.20 Å². The van der Waals surface area contributed by atoms with Crippen LogP contribution in [0, 0.1) is 6.92 Å². The highest BCUT2D eigenvalue weighted by molar-refractivity contribution is 5.72. The number of hydrogen-bond acceptors (Lipinski definition) is 3. The molecule has 5 heteroatoms. The van der Waals surface area contributed by atoms with E-state index in [0.29, 0.717) is 17.2 Å². The van der Waals surface area contributed by atoms with Crippen LogP contribution >= 0.6 is 0 Å². The Morgan fingerprint density at radius 3 is 3.07 bits per heavy atom. The molecule has 0 saturated heterocycles. The number of pyridine rings is 1. The number of aryl methyl sites for hydroxylation is 1. The van der Waals surface area contributed by atoms with Crippen molar-refractivity contribution in [2.45, 2.75) is 13.3 Å². The third kappa shape index (κ3) is 1.63. The molecule has 0 aliphatic heterocycles. The number of rotatable bonds is 2. The van der Waals surface area contributed by atoms with E-state index in [2.05, 4.69) is 4.98 Å². The normalized spacial score (nSPS) is 10.7. The summed E-state index contributed by atoms with van der Waals surface area (Å²) in [4.78, 5) is 14.7. The monoisotopic (exact) mass is 205 g/mol. The number of hydrogen-bond donors (Lipinski definition) is 2. The Morgan fingerprint density at radius 1 is 1.67 bits per heavy atom. The lowest BCUT2D eigenvalue weighted by atomic mass is 10.3. The number of anilines is 1. The van der Waals surface area contributed by atoms with Gasteiger partial charge in [-0.2, -0.15) is 0 Å². The maximum atomic E-state index is 10.6. The van der Waals surface area contributed by atoms with Gasteiger partial charge in [0.15, 0.2) is 0 Å². The summed E-state index contributed by atoms with van der Waals surface area (Å²) < 4.78 is 1.69. The van der Waals surface area contributed by atoms with Gasteiger partial charge in [0.25, 0.3) is 0 Å². The van der Waals surface area contributed by atoms with Crippen molar-refractivity contribution < 1.29 is 9.90 Å². The van der Waals surface area contributed by atoms with Gasteiger partial charge in [0.1, 0.15) is 11.5 Å². The third-order valence-electron chi connectivity index (χ3n) is 2.21. The predicted molar refractivity (Wildman–Crippen MR) is 55.7 cm³/mol. The number of aromatic nitrogens is 2. The number of imidazole rings is 1. The molecule has 0 aliphatic carbocycles. The topological polar surface area (TPSA) is 80.6 Å². The molecule has 0 fully saturated rings. The molecule has 0 radical (unpaired) electrons. The Hall–Kier alpha value is -2.04. The molecule has 2 rings (SSSR count). The first-order valence-electron chi connectivity index (χ1n) is 4.53. The van der Waals surface area contributed by atoms with Gasteiger partial charge in [0.2, 0.25) is 0 Å². The average Bonchev–Trinajstić information content (AvgIpc) is 2.42. The first-order chi connectivity index (χ1) is 7.08. The van der Waals surface area contributed by atoms with Gasteiger partial charge in [-0.25, -0.2) is 4.98 Å². The quantitative estimate of drug-likeness (QED) is 0.761. The minimum atomic E-state index is -0.929. The molecule has 2 aromatic heterocycles. The summed E-state index contributed by atoms with van der Waals surface area (Å²) in [7, 11) is 0. The lowest BCUT2D eigenvalue weighted by molar-refractivity contribution is -0.136. The summed E-state index contributed by atoms with van der Waals surface area (Å²) in [5.41, 5.74) is 7.93. The van der Waals surface area contributed by atoms with Crippen LogP contribution < -0.4 is 5.73 Å². The second-order valence-corrected chi connectivity index (χ2v) is 3.45. The number of nitrogens with zero attached hydrogens (tertiary/aromatic N) is 2. The first-order valence-corrected chi connectivity index (χ1v) is 4.53. The number of nitrogen functional groups attached to an aromatic ring is 1. The molecule has 2 heterocycles. The van der Waals surface area contributed by atoms with Crippen molar-refractivity contribution >= 4 is 17.4 Å². The molecule has 5 nitrogen and oxygen atoms in total. The summed E-state index contributed by atoms with van der Waals surface area (Å²) in [6.07, 6.45) is 1.64. The molecular weight excluding hydrogens is 194 g/mol. The fraction of sp³-hybridized carbons (Fsp3) is 0.200. The minimum absolute atomic E-state index is 0.146. The SMILES string of the molecule is Cc1ccn2c(N)c(CC(=O)O)nc2c1. The highest BCUT2D eigenvalue weighted by Gasteiger charge is 2.11. The number of nitrogens with two attached hydrogens (primary N) is 1. The smallest absolute Gasteiger partial charge is 0.309 e. The van der Waals surface area contributed by atoms with Crippen LogP contribution in [-0.4, -0.2) is 20.5 Å². The fourth-order valence-corrected chi connectivity index (χ4v) is 1.49. The van der Waals surface area contributed by atoms with Crippen molar-refractivity contribution in [2.75, 3.05) is 5.73 Å². The maximum absolute atomic E-state index is 10.6. The van der Waals surface area contributed by atoms with Gasteiger partial charge in [-0.1, -0.05) is 0 Å². The zero-order chi connectivity index (χ0) is 11.0. The van der Waals surface area contributed by atoms with Crippen molar-refractivity contribution in [1.29, 1.82) is 0 Å². The largest absolute Gasteiger partial charge is 0.481 e. The van der Waals surface area contributed by atoms with Gasteiger partial charge in [0, 0.05) is 6.20 Å². The summed E-state index contributed by atoms with van der Waals surface area (Å²) in [6.45, 7) is 1.95. The van der Waals surface area contributed by atoms with Crippen molar-refractivity contribution in [3.8, 4) is 0 Å². The Bertz CT molecular complexity index is 531. The van der Waals surface area contributed by atoms with E-state index >= 15 is 0 Å². The van der Waals surface area contributed by atoms with E-state index in [-0.39, 0.29) is 6.42 Å². The predicted octanol–water partition coefficient (Wildman–Crippen LogP) is 0.852. The summed E-state index contributed by atoms with van der Waals surface area (Å²) in [6, 6.07) is 3.76. The molecule has 78 valence electrons. The number of carboxylic acid groups (broad SMARTS) is 1. The summed E-state index contributed by atoms with van der Waals surface area (Å²) in [5.74, 6) is -0.533. The zero-order valence-electron chi connectivity index (χ0n) is 8.27. The molecule has 0 atom stereocenters. The third-order valence-corrected chi connectivity index (χ3v) is 2.21. The molecule has 0 aliphatic rings. The van der Waals surface area contributed by atoms with Crippen molar-refractivity contribution in [1.82, 2.24) is 9.38 Å². The number of carboxylic acids is 1. The Balaban J connectivity index is 2.58. The van der Waals surface area contributed by atoms with Crippen LogP contribution in [0.2, 0.25) is 0 Å². The molecule has 0 amide bonds. The van der Waals surface area contributed by atoms with Crippen molar-refractivity contribution in [3.63, 3.8) is 0 Å². The molecule has 15 heavy (non-hydrogen) atoms. The molecule has 2 aromatic rings. The molecule has 3 N–H and O–H groups in total. The maximum Gasteiger partial charge on any atom is 0.309 e. The molecule has 0 spiro atoms. The highest BCUT2D eigenvalue weighted by atomic mass is 16.4. The van der Waals surface area contributed by atoms with Crippen LogP contribution in [0.4, 0.5) is 5.82 Å². The second kappa shape index (κ2) is 3.27. The molecule has 0 saturated carbocycles. The van der Waals surface area contributed by atoms with E-state index in [1.807, 2.05) is 19.1 Å². The van der Waals surface area contributed by atoms with Gasteiger partial charge in [-0.05, 0) is 24.6 Å². The van der Waals surface area contributed by atoms with Crippen LogP contribution in [0.15, 0.2) is 18.3 Å². The molecule has 0 aromatic carbocycles. The Kier molecular flexibility index (Phi) is 2.07. The number of fused-ring (bicyclic) bond motifs is 1. The number of carbonyl (C=O) groups is 1. The van der Waals surface area contributed by atoms with Gasteiger partial charge >= 0.3 is 5.97 Å². The highest BCUT2D eigenvalue weighted by Crippen LogP contribution is 2.16. The van der Waals surface area contributed by atoms with Gasteiger partial charge in [-0.15, -0.1) is 0 Å². The van der Waals surface area contributed by atoms with Gasteiger partial charge in [0.05, 0.1) is 12.1 Å².